The molecular formula is C18H25FN2O2. The summed E-state index contributed by atoms with van der Waals surface area (Å²) in [5.41, 5.74) is 0.881. The summed E-state index contributed by atoms with van der Waals surface area (Å²) < 4.78 is 18.3. The van der Waals surface area contributed by atoms with Gasteiger partial charge in [0.05, 0.1) is 19.6 Å². The molecule has 2 aliphatic rings. The van der Waals surface area contributed by atoms with E-state index in [2.05, 4.69) is 4.90 Å². The second kappa shape index (κ2) is 7.88. The highest BCUT2D eigenvalue weighted by Gasteiger charge is 2.24. The molecule has 5 heteroatoms. The molecule has 126 valence electrons. The normalized spacial score (nSPS) is 20.7. The van der Waals surface area contributed by atoms with Crippen LogP contribution in [0.3, 0.4) is 0 Å². The number of nitrogens with zero attached hydrogens (tertiary/aromatic N) is 2. The van der Waals surface area contributed by atoms with Gasteiger partial charge in [0, 0.05) is 32.7 Å². The molecule has 0 radical (unpaired) electrons. The molecule has 0 unspecified atom stereocenters. The van der Waals surface area contributed by atoms with Crippen molar-refractivity contribution in [3.05, 3.63) is 35.6 Å². The number of carbonyl (C=O) groups is 1. The van der Waals surface area contributed by atoms with E-state index in [9.17, 15) is 9.18 Å². The molecule has 2 fully saturated rings. The zero-order chi connectivity index (χ0) is 16.1. The summed E-state index contributed by atoms with van der Waals surface area (Å²) in [4.78, 5) is 16.8. The molecule has 0 spiro atoms. The van der Waals surface area contributed by atoms with E-state index >= 15 is 0 Å². The van der Waals surface area contributed by atoms with Gasteiger partial charge in [-0.05, 0) is 36.5 Å². The number of halogens is 1. The van der Waals surface area contributed by atoms with Gasteiger partial charge in [-0.1, -0.05) is 12.1 Å². The van der Waals surface area contributed by atoms with Gasteiger partial charge in [0.1, 0.15) is 5.82 Å². The number of ether oxygens (including phenoxy) is 1. The van der Waals surface area contributed by atoms with E-state index in [1.807, 2.05) is 4.90 Å². The maximum atomic E-state index is 12.9. The maximum absolute atomic E-state index is 12.9. The number of benzene rings is 1. The Kier molecular flexibility index (Phi) is 5.62. The van der Waals surface area contributed by atoms with Crippen LogP contribution in [0.15, 0.2) is 24.3 Å². The van der Waals surface area contributed by atoms with E-state index < -0.39 is 0 Å². The minimum absolute atomic E-state index is 0.154. The first kappa shape index (κ1) is 16.4. The van der Waals surface area contributed by atoms with Crippen LogP contribution in [-0.2, 0) is 16.0 Å². The van der Waals surface area contributed by atoms with Crippen LogP contribution < -0.4 is 0 Å². The highest BCUT2D eigenvalue weighted by atomic mass is 19.1. The van der Waals surface area contributed by atoms with E-state index in [1.165, 1.54) is 12.1 Å². The molecule has 1 amide bonds. The molecular weight excluding hydrogens is 295 g/mol. The predicted octanol–water partition coefficient (Wildman–Crippen LogP) is 1.94. The molecule has 2 aliphatic heterocycles. The predicted molar refractivity (Wildman–Crippen MR) is 86.7 cm³/mol. The van der Waals surface area contributed by atoms with Gasteiger partial charge in [-0.15, -0.1) is 0 Å². The second-order valence-electron chi connectivity index (χ2n) is 6.54. The monoisotopic (exact) mass is 320 g/mol. The molecule has 2 heterocycles. The third-order valence-corrected chi connectivity index (χ3v) is 4.86. The van der Waals surface area contributed by atoms with Crippen LogP contribution in [0.1, 0.15) is 18.4 Å². The molecule has 2 saturated heterocycles. The minimum Gasteiger partial charge on any atom is -0.379 e. The van der Waals surface area contributed by atoms with Crippen molar-refractivity contribution < 1.29 is 13.9 Å². The number of hydrogen-bond donors (Lipinski definition) is 0. The fourth-order valence-corrected chi connectivity index (χ4v) is 3.40. The Hall–Kier alpha value is -1.46. The molecule has 0 atom stereocenters. The Morgan fingerprint density at radius 3 is 2.39 bits per heavy atom. The SMILES string of the molecule is O=C(Cc1ccc(F)cc1)N1CCC(CN2CCOCC2)CC1. The van der Waals surface area contributed by atoms with Gasteiger partial charge in [0.2, 0.25) is 5.91 Å². The quantitative estimate of drug-likeness (QED) is 0.850. The molecule has 0 aromatic heterocycles. The summed E-state index contributed by atoms with van der Waals surface area (Å²) in [5.74, 6) is 0.578. The molecule has 1 aromatic rings. The number of hydrogen-bond acceptors (Lipinski definition) is 3. The van der Waals surface area contributed by atoms with Crippen molar-refractivity contribution in [1.82, 2.24) is 9.80 Å². The summed E-state index contributed by atoms with van der Waals surface area (Å²) in [6, 6.07) is 6.21. The number of carbonyl (C=O) groups excluding carboxylic acids is 1. The van der Waals surface area contributed by atoms with Crippen molar-refractivity contribution in [2.75, 3.05) is 45.9 Å². The van der Waals surface area contributed by atoms with Crippen molar-refractivity contribution in [2.24, 2.45) is 5.92 Å². The Balaban J connectivity index is 1.42. The lowest BCUT2D eigenvalue weighted by molar-refractivity contribution is -0.132. The van der Waals surface area contributed by atoms with E-state index in [-0.39, 0.29) is 11.7 Å². The van der Waals surface area contributed by atoms with Gasteiger partial charge >= 0.3 is 0 Å². The fourth-order valence-electron chi connectivity index (χ4n) is 3.40. The number of piperidine rings is 1. The zero-order valence-electron chi connectivity index (χ0n) is 13.5. The summed E-state index contributed by atoms with van der Waals surface area (Å²) in [7, 11) is 0. The van der Waals surface area contributed by atoms with E-state index in [0.29, 0.717) is 12.3 Å². The van der Waals surface area contributed by atoms with Gasteiger partial charge in [-0.3, -0.25) is 9.69 Å². The van der Waals surface area contributed by atoms with Crippen molar-refractivity contribution in [2.45, 2.75) is 19.3 Å². The molecule has 0 bridgehead atoms. The molecule has 0 N–H and O–H groups in total. The number of morpholine rings is 1. The highest BCUT2D eigenvalue weighted by Crippen LogP contribution is 2.20. The van der Waals surface area contributed by atoms with Crippen LogP contribution in [0.4, 0.5) is 4.39 Å². The van der Waals surface area contributed by atoms with Gasteiger partial charge in [-0.25, -0.2) is 4.39 Å². The lowest BCUT2D eigenvalue weighted by atomic mass is 9.95. The number of amides is 1. The van der Waals surface area contributed by atoms with E-state index in [4.69, 9.17) is 4.74 Å². The third-order valence-electron chi connectivity index (χ3n) is 4.86. The molecule has 23 heavy (non-hydrogen) atoms. The number of likely N-dealkylation sites (tertiary alicyclic amines) is 1. The summed E-state index contributed by atoms with van der Waals surface area (Å²) in [6.07, 6.45) is 2.52. The lowest BCUT2D eigenvalue weighted by Gasteiger charge is -2.36. The molecule has 4 nitrogen and oxygen atoms in total. The van der Waals surface area contributed by atoms with Crippen LogP contribution >= 0.6 is 0 Å². The fraction of sp³-hybridized carbons (Fsp3) is 0.611. The zero-order valence-corrected chi connectivity index (χ0v) is 13.5. The minimum atomic E-state index is -0.259. The third kappa shape index (κ3) is 4.75. The highest BCUT2D eigenvalue weighted by molar-refractivity contribution is 5.78. The van der Waals surface area contributed by atoms with Crippen LogP contribution in [0, 0.1) is 11.7 Å². The summed E-state index contributed by atoms with van der Waals surface area (Å²) >= 11 is 0. The van der Waals surface area contributed by atoms with Crippen LogP contribution in [0.5, 0.6) is 0 Å². The second-order valence-corrected chi connectivity index (χ2v) is 6.54. The van der Waals surface area contributed by atoms with Crippen LogP contribution in [0.25, 0.3) is 0 Å². The van der Waals surface area contributed by atoms with Crippen molar-refractivity contribution >= 4 is 5.91 Å². The first-order valence-electron chi connectivity index (χ1n) is 8.53. The maximum Gasteiger partial charge on any atom is 0.226 e. The molecule has 0 saturated carbocycles. The Morgan fingerprint density at radius 2 is 1.74 bits per heavy atom. The van der Waals surface area contributed by atoms with Crippen molar-refractivity contribution in [3.8, 4) is 0 Å². The Bertz CT molecular complexity index is 506. The average molecular weight is 320 g/mol. The van der Waals surface area contributed by atoms with Gasteiger partial charge in [-0.2, -0.15) is 0 Å². The standard InChI is InChI=1S/C18H25FN2O2/c19-17-3-1-15(2-4-17)13-18(22)21-7-5-16(6-8-21)14-20-9-11-23-12-10-20/h1-4,16H,5-14H2. The topological polar surface area (TPSA) is 32.8 Å². The molecule has 0 aliphatic carbocycles. The van der Waals surface area contributed by atoms with Gasteiger partial charge in [0.25, 0.3) is 0 Å². The van der Waals surface area contributed by atoms with Gasteiger partial charge < -0.3 is 9.64 Å². The number of rotatable bonds is 4. The van der Waals surface area contributed by atoms with E-state index in [0.717, 1.165) is 64.3 Å². The van der Waals surface area contributed by atoms with E-state index in [1.54, 1.807) is 12.1 Å². The first-order chi connectivity index (χ1) is 11.2. The largest absolute Gasteiger partial charge is 0.379 e. The lowest BCUT2D eigenvalue weighted by Crippen LogP contribution is -2.44. The first-order valence-corrected chi connectivity index (χ1v) is 8.53. The smallest absolute Gasteiger partial charge is 0.226 e. The van der Waals surface area contributed by atoms with Gasteiger partial charge in [0.15, 0.2) is 0 Å². The summed E-state index contributed by atoms with van der Waals surface area (Å²) in [6.45, 7) is 6.56. The Morgan fingerprint density at radius 1 is 1.09 bits per heavy atom. The average Bonchev–Trinajstić information content (AvgIpc) is 2.58. The molecule has 1 aromatic carbocycles. The Labute approximate surface area is 137 Å². The van der Waals surface area contributed by atoms with Crippen molar-refractivity contribution in [3.63, 3.8) is 0 Å². The summed E-state index contributed by atoms with van der Waals surface area (Å²) in [5, 5.41) is 0. The van der Waals surface area contributed by atoms with Crippen molar-refractivity contribution in [1.29, 1.82) is 0 Å². The van der Waals surface area contributed by atoms with Crippen LogP contribution in [0.2, 0.25) is 0 Å². The molecule has 3 rings (SSSR count). The van der Waals surface area contributed by atoms with Crippen LogP contribution in [-0.4, -0.2) is 61.6 Å².